The second kappa shape index (κ2) is 7.00. The number of benzene rings is 1. The fourth-order valence-corrected chi connectivity index (χ4v) is 3.52. The van der Waals surface area contributed by atoms with Crippen molar-refractivity contribution in [2.24, 2.45) is 0 Å². The SMILES string of the molecule is C[C@@H]1CN(C(=O)c2cncc(-c3ccc4c(c3)CCO4)c2)CC(C(=O)O)O1. The number of carbonyl (C=O) groups excluding carboxylic acids is 1. The van der Waals surface area contributed by atoms with E-state index in [-0.39, 0.29) is 18.6 Å². The highest BCUT2D eigenvalue weighted by Crippen LogP contribution is 2.30. The Hall–Kier alpha value is -2.93. The summed E-state index contributed by atoms with van der Waals surface area (Å²) in [4.78, 5) is 29.9. The summed E-state index contributed by atoms with van der Waals surface area (Å²) in [5, 5.41) is 9.21. The lowest BCUT2D eigenvalue weighted by atomic mass is 10.0. The molecule has 140 valence electrons. The van der Waals surface area contributed by atoms with E-state index in [0.29, 0.717) is 18.7 Å². The van der Waals surface area contributed by atoms with Crippen LogP contribution in [0, 0.1) is 0 Å². The maximum atomic E-state index is 12.9. The van der Waals surface area contributed by atoms with E-state index >= 15 is 0 Å². The number of pyridine rings is 1. The van der Waals surface area contributed by atoms with Crippen LogP contribution in [0.3, 0.4) is 0 Å². The molecule has 0 saturated carbocycles. The predicted octanol–water partition coefficient (Wildman–Crippen LogP) is 2.00. The van der Waals surface area contributed by atoms with Crippen molar-refractivity contribution in [3.8, 4) is 16.9 Å². The van der Waals surface area contributed by atoms with Crippen molar-refractivity contribution < 1.29 is 24.2 Å². The van der Waals surface area contributed by atoms with Gasteiger partial charge < -0.3 is 19.5 Å². The minimum atomic E-state index is -1.06. The molecule has 1 aromatic carbocycles. The third-order valence-corrected chi connectivity index (χ3v) is 4.83. The zero-order chi connectivity index (χ0) is 19.0. The zero-order valence-corrected chi connectivity index (χ0v) is 14.9. The van der Waals surface area contributed by atoms with Gasteiger partial charge in [-0.05, 0) is 36.2 Å². The predicted molar refractivity (Wildman–Crippen MR) is 96.7 cm³/mol. The molecule has 4 rings (SSSR count). The monoisotopic (exact) mass is 368 g/mol. The molecule has 0 aliphatic carbocycles. The van der Waals surface area contributed by atoms with Gasteiger partial charge in [-0.3, -0.25) is 9.78 Å². The molecule has 27 heavy (non-hydrogen) atoms. The second-order valence-corrected chi connectivity index (χ2v) is 6.87. The number of nitrogens with zero attached hydrogens (tertiary/aromatic N) is 2. The first-order valence-electron chi connectivity index (χ1n) is 8.90. The van der Waals surface area contributed by atoms with Crippen molar-refractivity contribution in [1.29, 1.82) is 0 Å². The fourth-order valence-electron chi connectivity index (χ4n) is 3.52. The fraction of sp³-hybridized carbons (Fsp3) is 0.350. The van der Waals surface area contributed by atoms with Crippen molar-refractivity contribution in [2.75, 3.05) is 19.7 Å². The molecule has 1 fully saturated rings. The number of hydrogen-bond acceptors (Lipinski definition) is 5. The van der Waals surface area contributed by atoms with Crippen LogP contribution in [0.15, 0.2) is 36.7 Å². The summed E-state index contributed by atoms with van der Waals surface area (Å²) in [6.07, 6.45) is 2.76. The van der Waals surface area contributed by atoms with E-state index in [4.69, 9.17) is 9.47 Å². The Labute approximate surface area is 156 Å². The summed E-state index contributed by atoms with van der Waals surface area (Å²) in [5.74, 6) is -0.400. The number of carboxylic acid groups (broad SMARTS) is 1. The number of ether oxygens (including phenoxy) is 2. The van der Waals surface area contributed by atoms with Crippen LogP contribution in [0.4, 0.5) is 0 Å². The van der Waals surface area contributed by atoms with Crippen LogP contribution < -0.4 is 4.74 Å². The quantitative estimate of drug-likeness (QED) is 0.891. The lowest BCUT2D eigenvalue weighted by Gasteiger charge is -2.34. The lowest BCUT2D eigenvalue weighted by Crippen LogP contribution is -2.51. The molecule has 1 N–H and O–H groups in total. The van der Waals surface area contributed by atoms with E-state index in [9.17, 15) is 14.7 Å². The molecule has 1 saturated heterocycles. The Bertz CT molecular complexity index is 898. The Balaban J connectivity index is 1.58. The Morgan fingerprint density at radius 2 is 2.04 bits per heavy atom. The average Bonchev–Trinajstić information content (AvgIpc) is 3.14. The Morgan fingerprint density at radius 1 is 1.19 bits per heavy atom. The van der Waals surface area contributed by atoms with Crippen molar-refractivity contribution in [3.05, 3.63) is 47.8 Å². The first-order valence-corrected chi connectivity index (χ1v) is 8.90. The molecule has 2 aromatic rings. The Morgan fingerprint density at radius 3 is 2.85 bits per heavy atom. The van der Waals surface area contributed by atoms with E-state index in [0.717, 1.165) is 28.9 Å². The number of carboxylic acids is 1. The van der Waals surface area contributed by atoms with Gasteiger partial charge in [0.2, 0.25) is 0 Å². The number of rotatable bonds is 3. The van der Waals surface area contributed by atoms with Gasteiger partial charge in [0.25, 0.3) is 5.91 Å². The minimum absolute atomic E-state index is 0.0267. The van der Waals surface area contributed by atoms with E-state index in [1.807, 2.05) is 12.1 Å². The summed E-state index contributed by atoms with van der Waals surface area (Å²) in [6, 6.07) is 7.74. The van der Waals surface area contributed by atoms with E-state index in [2.05, 4.69) is 11.1 Å². The number of aliphatic carboxylic acids is 1. The molecular formula is C20H20N2O5. The molecule has 2 aliphatic heterocycles. The van der Waals surface area contributed by atoms with Gasteiger partial charge in [-0.1, -0.05) is 6.07 Å². The summed E-state index contributed by atoms with van der Waals surface area (Å²) in [7, 11) is 0. The van der Waals surface area contributed by atoms with Crippen LogP contribution in [0.25, 0.3) is 11.1 Å². The molecule has 2 aliphatic rings. The summed E-state index contributed by atoms with van der Waals surface area (Å²) >= 11 is 0. The van der Waals surface area contributed by atoms with Gasteiger partial charge in [0.15, 0.2) is 6.10 Å². The molecule has 0 radical (unpaired) electrons. The van der Waals surface area contributed by atoms with E-state index in [1.165, 1.54) is 11.1 Å². The van der Waals surface area contributed by atoms with Crippen molar-refractivity contribution in [1.82, 2.24) is 9.88 Å². The van der Waals surface area contributed by atoms with Crippen LogP contribution in [0.2, 0.25) is 0 Å². The molecule has 1 aromatic heterocycles. The molecule has 0 spiro atoms. The maximum absolute atomic E-state index is 12.9. The van der Waals surface area contributed by atoms with Crippen LogP contribution >= 0.6 is 0 Å². The molecule has 7 nitrogen and oxygen atoms in total. The van der Waals surface area contributed by atoms with Crippen molar-refractivity contribution >= 4 is 11.9 Å². The van der Waals surface area contributed by atoms with Gasteiger partial charge >= 0.3 is 5.97 Å². The second-order valence-electron chi connectivity index (χ2n) is 6.87. The molecule has 7 heteroatoms. The first-order chi connectivity index (χ1) is 13.0. The normalized spacial score (nSPS) is 21.4. The van der Waals surface area contributed by atoms with E-state index in [1.54, 1.807) is 19.2 Å². The largest absolute Gasteiger partial charge is 0.493 e. The number of morpholine rings is 1. The molecular weight excluding hydrogens is 348 g/mol. The number of aromatic nitrogens is 1. The van der Waals surface area contributed by atoms with E-state index < -0.39 is 12.1 Å². The topological polar surface area (TPSA) is 89.0 Å². The average molecular weight is 368 g/mol. The van der Waals surface area contributed by atoms with Crippen molar-refractivity contribution in [2.45, 2.75) is 25.6 Å². The van der Waals surface area contributed by atoms with Crippen LogP contribution in [-0.2, 0) is 16.0 Å². The van der Waals surface area contributed by atoms with Gasteiger partial charge in [0.1, 0.15) is 5.75 Å². The first kappa shape index (κ1) is 17.5. The van der Waals surface area contributed by atoms with Gasteiger partial charge in [0.05, 0.1) is 24.8 Å². The third kappa shape index (κ3) is 3.50. The standard InChI is InChI=1S/C20H20N2O5/c1-12-10-22(11-18(27-12)20(24)25)19(23)16-7-15(8-21-9-16)13-2-3-17-14(6-13)4-5-26-17/h2-3,6-9,12,18H,4-5,10-11H2,1H3,(H,24,25)/t12-,18?/m1/s1. The van der Waals surface area contributed by atoms with Gasteiger partial charge in [-0.2, -0.15) is 0 Å². The summed E-state index contributed by atoms with van der Waals surface area (Å²) in [6.45, 7) is 2.83. The molecule has 0 bridgehead atoms. The lowest BCUT2D eigenvalue weighted by molar-refractivity contribution is -0.160. The number of carbonyl (C=O) groups is 2. The summed E-state index contributed by atoms with van der Waals surface area (Å²) < 4.78 is 10.9. The summed E-state index contributed by atoms with van der Waals surface area (Å²) in [5.41, 5.74) is 3.39. The zero-order valence-electron chi connectivity index (χ0n) is 14.9. The Kier molecular flexibility index (Phi) is 4.53. The van der Waals surface area contributed by atoms with Crippen LogP contribution in [-0.4, -0.2) is 58.8 Å². The maximum Gasteiger partial charge on any atom is 0.334 e. The van der Waals surface area contributed by atoms with Crippen LogP contribution in [0.5, 0.6) is 5.75 Å². The highest BCUT2D eigenvalue weighted by molar-refractivity contribution is 5.95. The molecule has 2 atom stereocenters. The highest BCUT2D eigenvalue weighted by atomic mass is 16.5. The van der Waals surface area contributed by atoms with Gasteiger partial charge in [-0.15, -0.1) is 0 Å². The van der Waals surface area contributed by atoms with Gasteiger partial charge in [-0.25, -0.2) is 4.79 Å². The minimum Gasteiger partial charge on any atom is -0.493 e. The number of amides is 1. The highest BCUT2D eigenvalue weighted by Gasteiger charge is 2.33. The number of hydrogen-bond donors (Lipinski definition) is 1. The molecule has 1 unspecified atom stereocenters. The third-order valence-electron chi connectivity index (χ3n) is 4.83. The smallest absolute Gasteiger partial charge is 0.334 e. The van der Waals surface area contributed by atoms with Crippen LogP contribution in [0.1, 0.15) is 22.8 Å². The molecule has 3 heterocycles. The van der Waals surface area contributed by atoms with Crippen molar-refractivity contribution in [3.63, 3.8) is 0 Å². The molecule has 1 amide bonds. The van der Waals surface area contributed by atoms with Gasteiger partial charge in [0, 0.05) is 30.9 Å². The number of fused-ring (bicyclic) bond motifs is 1.